The highest BCUT2D eigenvalue weighted by molar-refractivity contribution is 5.96. The molecular formula is C19H22N2O5. The zero-order valence-corrected chi connectivity index (χ0v) is 14.9. The summed E-state index contributed by atoms with van der Waals surface area (Å²) in [5, 5.41) is 2.90. The molecule has 1 aliphatic heterocycles. The van der Waals surface area contributed by atoms with Crippen LogP contribution >= 0.6 is 0 Å². The second-order valence-corrected chi connectivity index (χ2v) is 6.19. The van der Waals surface area contributed by atoms with Crippen molar-refractivity contribution in [1.82, 2.24) is 4.90 Å². The Kier molecular flexibility index (Phi) is 5.46. The average molecular weight is 358 g/mol. The van der Waals surface area contributed by atoms with E-state index in [0.29, 0.717) is 35.8 Å². The number of amides is 2. The molecule has 2 amide bonds. The minimum Gasteiger partial charge on any atom is -0.497 e. The molecule has 1 N–H and O–H groups in total. The number of carbonyl (C=O) groups is 2. The van der Waals surface area contributed by atoms with Crippen LogP contribution in [-0.2, 0) is 4.79 Å². The van der Waals surface area contributed by atoms with E-state index in [2.05, 4.69) is 5.32 Å². The number of rotatable bonds is 5. The predicted octanol–water partition coefficient (Wildman–Crippen LogP) is 2.79. The largest absolute Gasteiger partial charge is 0.497 e. The molecule has 2 heterocycles. The Bertz CT molecular complexity index is 750. The van der Waals surface area contributed by atoms with Gasteiger partial charge in [0.1, 0.15) is 17.8 Å². The van der Waals surface area contributed by atoms with Crippen molar-refractivity contribution in [3.05, 3.63) is 42.4 Å². The van der Waals surface area contributed by atoms with Crippen molar-refractivity contribution in [1.29, 1.82) is 0 Å². The number of nitrogens with one attached hydrogen (secondary N) is 1. The van der Waals surface area contributed by atoms with Crippen molar-refractivity contribution in [2.24, 2.45) is 5.92 Å². The van der Waals surface area contributed by atoms with E-state index in [4.69, 9.17) is 13.9 Å². The van der Waals surface area contributed by atoms with Gasteiger partial charge >= 0.3 is 0 Å². The zero-order valence-electron chi connectivity index (χ0n) is 14.9. The highest BCUT2D eigenvalue weighted by atomic mass is 16.5. The van der Waals surface area contributed by atoms with Crippen LogP contribution in [0.4, 0.5) is 5.69 Å². The van der Waals surface area contributed by atoms with Gasteiger partial charge in [0.15, 0.2) is 0 Å². The molecule has 1 unspecified atom stereocenters. The molecule has 0 bridgehead atoms. The van der Waals surface area contributed by atoms with Gasteiger partial charge in [-0.15, -0.1) is 0 Å². The summed E-state index contributed by atoms with van der Waals surface area (Å²) in [6.07, 6.45) is 4.41. The van der Waals surface area contributed by atoms with Crippen LogP contribution in [0, 0.1) is 5.92 Å². The summed E-state index contributed by atoms with van der Waals surface area (Å²) < 4.78 is 15.4. The van der Waals surface area contributed by atoms with Crippen molar-refractivity contribution >= 4 is 17.5 Å². The van der Waals surface area contributed by atoms with Crippen LogP contribution in [0.25, 0.3) is 0 Å². The summed E-state index contributed by atoms with van der Waals surface area (Å²) in [6.45, 7) is 1.03. The van der Waals surface area contributed by atoms with Gasteiger partial charge in [0.2, 0.25) is 5.91 Å². The molecule has 2 aromatic rings. The van der Waals surface area contributed by atoms with E-state index in [1.165, 1.54) is 12.5 Å². The monoisotopic (exact) mass is 358 g/mol. The van der Waals surface area contributed by atoms with E-state index in [0.717, 1.165) is 12.8 Å². The SMILES string of the molecule is COc1cc(NC(=O)C2CCCN(C(=O)c3ccoc3)C2)cc(OC)c1. The lowest BCUT2D eigenvalue weighted by atomic mass is 9.96. The third kappa shape index (κ3) is 3.99. The first-order valence-corrected chi connectivity index (χ1v) is 8.46. The number of carbonyl (C=O) groups excluding carboxylic acids is 2. The smallest absolute Gasteiger partial charge is 0.257 e. The number of methoxy groups -OCH3 is 2. The molecule has 1 fully saturated rings. The van der Waals surface area contributed by atoms with Crippen LogP contribution in [0.5, 0.6) is 11.5 Å². The quantitative estimate of drug-likeness (QED) is 0.889. The highest BCUT2D eigenvalue weighted by Gasteiger charge is 2.29. The van der Waals surface area contributed by atoms with E-state index in [-0.39, 0.29) is 17.7 Å². The van der Waals surface area contributed by atoms with E-state index in [1.807, 2.05) is 0 Å². The standard InChI is InChI=1S/C19H22N2O5/c1-24-16-8-15(9-17(10-16)25-2)20-18(22)13-4-3-6-21(11-13)19(23)14-5-7-26-12-14/h5,7-10,12-13H,3-4,6,11H2,1-2H3,(H,20,22). The van der Waals surface area contributed by atoms with Gasteiger partial charge in [-0.1, -0.05) is 0 Å². The Labute approximate surface area is 151 Å². The number of benzene rings is 1. The molecule has 26 heavy (non-hydrogen) atoms. The molecule has 0 aliphatic carbocycles. The molecule has 7 heteroatoms. The van der Waals surface area contributed by atoms with Crippen molar-refractivity contribution in [3.8, 4) is 11.5 Å². The topological polar surface area (TPSA) is 81.0 Å². The number of hydrogen-bond acceptors (Lipinski definition) is 5. The molecule has 1 saturated heterocycles. The van der Waals surface area contributed by atoms with E-state index >= 15 is 0 Å². The first kappa shape index (κ1) is 17.8. The van der Waals surface area contributed by atoms with Gasteiger partial charge < -0.3 is 24.1 Å². The number of nitrogens with zero attached hydrogens (tertiary/aromatic N) is 1. The number of hydrogen-bond donors (Lipinski definition) is 1. The zero-order chi connectivity index (χ0) is 18.5. The van der Waals surface area contributed by atoms with Gasteiger partial charge in [-0.05, 0) is 18.9 Å². The van der Waals surface area contributed by atoms with Crippen LogP contribution in [0.15, 0.2) is 41.2 Å². The second-order valence-electron chi connectivity index (χ2n) is 6.19. The molecule has 1 aromatic carbocycles. The van der Waals surface area contributed by atoms with Crippen LogP contribution in [0.2, 0.25) is 0 Å². The third-order valence-electron chi connectivity index (χ3n) is 4.47. The summed E-state index contributed by atoms with van der Waals surface area (Å²) >= 11 is 0. The number of likely N-dealkylation sites (tertiary alicyclic amines) is 1. The molecule has 7 nitrogen and oxygen atoms in total. The Balaban J connectivity index is 1.67. The van der Waals surface area contributed by atoms with Crippen LogP contribution in [0.3, 0.4) is 0 Å². The Morgan fingerprint density at radius 1 is 1.19 bits per heavy atom. The fraction of sp³-hybridized carbons (Fsp3) is 0.368. The minimum atomic E-state index is -0.267. The first-order valence-electron chi connectivity index (χ1n) is 8.46. The average Bonchev–Trinajstić information content (AvgIpc) is 3.21. The summed E-state index contributed by atoms with van der Waals surface area (Å²) in [5.41, 5.74) is 1.10. The third-order valence-corrected chi connectivity index (χ3v) is 4.47. The molecule has 1 atom stereocenters. The van der Waals surface area contributed by atoms with Crippen molar-refractivity contribution in [3.63, 3.8) is 0 Å². The minimum absolute atomic E-state index is 0.112. The maximum absolute atomic E-state index is 12.7. The second kappa shape index (κ2) is 7.95. The number of piperidine rings is 1. The lowest BCUT2D eigenvalue weighted by Crippen LogP contribution is -2.43. The molecule has 1 aliphatic rings. The summed E-state index contributed by atoms with van der Waals surface area (Å²) in [6, 6.07) is 6.84. The van der Waals surface area contributed by atoms with Gasteiger partial charge in [0.25, 0.3) is 5.91 Å². The summed E-state index contributed by atoms with van der Waals surface area (Å²) in [7, 11) is 3.11. The lowest BCUT2D eigenvalue weighted by molar-refractivity contribution is -0.121. The molecule has 0 radical (unpaired) electrons. The van der Waals surface area contributed by atoms with Gasteiger partial charge in [0.05, 0.1) is 32.0 Å². The lowest BCUT2D eigenvalue weighted by Gasteiger charge is -2.31. The number of ether oxygens (including phenoxy) is 2. The first-order chi connectivity index (χ1) is 12.6. The van der Waals surface area contributed by atoms with Crippen molar-refractivity contribution in [2.75, 3.05) is 32.6 Å². The van der Waals surface area contributed by atoms with Gasteiger partial charge in [-0.25, -0.2) is 0 Å². The fourth-order valence-electron chi connectivity index (χ4n) is 3.07. The van der Waals surface area contributed by atoms with Gasteiger partial charge in [-0.2, -0.15) is 0 Å². The Morgan fingerprint density at radius 3 is 2.54 bits per heavy atom. The van der Waals surface area contributed by atoms with Gasteiger partial charge in [0, 0.05) is 37.0 Å². The van der Waals surface area contributed by atoms with Crippen LogP contribution in [0.1, 0.15) is 23.2 Å². The molecule has 1 aromatic heterocycles. The summed E-state index contributed by atoms with van der Waals surface area (Å²) in [5.74, 6) is 0.696. The van der Waals surface area contributed by atoms with E-state index in [9.17, 15) is 9.59 Å². The van der Waals surface area contributed by atoms with Crippen LogP contribution < -0.4 is 14.8 Å². The number of furan rings is 1. The molecular weight excluding hydrogens is 336 g/mol. The molecule has 138 valence electrons. The molecule has 0 spiro atoms. The predicted molar refractivity (Wildman–Crippen MR) is 95.5 cm³/mol. The van der Waals surface area contributed by atoms with Crippen molar-refractivity contribution in [2.45, 2.75) is 12.8 Å². The molecule has 3 rings (SSSR count). The fourth-order valence-corrected chi connectivity index (χ4v) is 3.07. The van der Waals surface area contributed by atoms with Gasteiger partial charge in [-0.3, -0.25) is 9.59 Å². The maximum atomic E-state index is 12.7. The summed E-state index contributed by atoms with van der Waals surface area (Å²) in [4.78, 5) is 26.8. The Morgan fingerprint density at radius 2 is 1.92 bits per heavy atom. The normalized spacial score (nSPS) is 16.8. The van der Waals surface area contributed by atoms with E-state index in [1.54, 1.807) is 43.4 Å². The van der Waals surface area contributed by atoms with Crippen LogP contribution in [-0.4, -0.2) is 44.0 Å². The van der Waals surface area contributed by atoms with E-state index < -0.39 is 0 Å². The Hall–Kier alpha value is -2.96. The number of anilines is 1. The van der Waals surface area contributed by atoms with Crippen molar-refractivity contribution < 1.29 is 23.5 Å². The maximum Gasteiger partial charge on any atom is 0.257 e. The highest BCUT2D eigenvalue weighted by Crippen LogP contribution is 2.27. The molecule has 0 saturated carbocycles.